The van der Waals surface area contributed by atoms with E-state index >= 15 is 0 Å². The number of benzene rings is 2. The molecule has 3 rings (SSSR count). The Hall–Kier alpha value is -2.99. The van der Waals surface area contributed by atoms with E-state index in [1.165, 1.54) is 4.90 Å². The number of fused-ring (bicyclic) bond motifs is 1. The number of hydrogen-bond acceptors (Lipinski definition) is 5. The van der Waals surface area contributed by atoms with Crippen molar-refractivity contribution in [2.75, 3.05) is 19.8 Å². The standard InChI is InChI=1S/C22H23NO5/c1-22(2,23-20(25)17-10-6-7-11-18(17)21(23)26)15-27-14-19(24)28-13-12-16-8-4-3-5-9-16/h3-11H,12-15H2,1-2H3. The number of imide groups is 1. The number of rotatable bonds is 8. The molecule has 0 unspecified atom stereocenters. The normalized spacial score (nSPS) is 13.6. The lowest BCUT2D eigenvalue weighted by Gasteiger charge is -2.33. The molecule has 0 bridgehead atoms. The van der Waals surface area contributed by atoms with Gasteiger partial charge in [-0.1, -0.05) is 42.5 Å². The zero-order chi connectivity index (χ0) is 20.1. The van der Waals surface area contributed by atoms with E-state index in [0.29, 0.717) is 17.5 Å². The van der Waals surface area contributed by atoms with Crippen molar-refractivity contribution in [2.24, 2.45) is 0 Å². The van der Waals surface area contributed by atoms with Gasteiger partial charge in [0.1, 0.15) is 6.61 Å². The number of carbonyl (C=O) groups is 3. The lowest BCUT2D eigenvalue weighted by Crippen LogP contribution is -2.50. The summed E-state index contributed by atoms with van der Waals surface area (Å²) in [5.41, 5.74) is 0.974. The zero-order valence-corrected chi connectivity index (χ0v) is 16.0. The predicted molar refractivity (Wildman–Crippen MR) is 103 cm³/mol. The molecule has 28 heavy (non-hydrogen) atoms. The number of hydrogen-bond donors (Lipinski definition) is 0. The van der Waals surface area contributed by atoms with E-state index in [1.807, 2.05) is 30.3 Å². The highest BCUT2D eigenvalue weighted by molar-refractivity contribution is 6.21. The first kappa shape index (κ1) is 19.8. The average Bonchev–Trinajstić information content (AvgIpc) is 2.94. The summed E-state index contributed by atoms with van der Waals surface area (Å²) in [5.74, 6) is -1.17. The molecule has 2 aromatic rings. The predicted octanol–water partition coefficient (Wildman–Crippen LogP) is 2.86. The van der Waals surface area contributed by atoms with E-state index in [4.69, 9.17) is 9.47 Å². The largest absolute Gasteiger partial charge is 0.464 e. The molecule has 0 atom stereocenters. The Morgan fingerprint density at radius 3 is 2.11 bits per heavy atom. The summed E-state index contributed by atoms with van der Waals surface area (Å²) >= 11 is 0. The summed E-state index contributed by atoms with van der Waals surface area (Å²) in [6.45, 7) is 3.53. The molecule has 6 heteroatoms. The summed E-state index contributed by atoms with van der Waals surface area (Å²) in [5, 5.41) is 0. The molecular weight excluding hydrogens is 358 g/mol. The lowest BCUT2D eigenvalue weighted by molar-refractivity contribution is -0.149. The first-order chi connectivity index (χ1) is 13.4. The summed E-state index contributed by atoms with van der Waals surface area (Å²) in [4.78, 5) is 38.2. The minimum Gasteiger partial charge on any atom is -0.464 e. The molecule has 0 fully saturated rings. The molecule has 1 aliphatic rings. The fourth-order valence-electron chi connectivity index (χ4n) is 3.16. The third kappa shape index (κ3) is 4.28. The third-order valence-electron chi connectivity index (χ3n) is 4.57. The van der Waals surface area contributed by atoms with Gasteiger partial charge in [0.25, 0.3) is 11.8 Å². The van der Waals surface area contributed by atoms with Crippen molar-refractivity contribution in [1.29, 1.82) is 0 Å². The Bertz CT molecular complexity index is 841. The highest BCUT2D eigenvalue weighted by Crippen LogP contribution is 2.29. The van der Waals surface area contributed by atoms with Crippen molar-refractivity contribution in [1.82, 2.24) is 4.90 Å². The van der Waals surface area contributed by atoms with Gasteiger partial charge in [-0.2, -0.15) is 0 Å². The molecule has 6 nitrogen and oxygen atoms in total. The third-order valence-corrected chi connectivity index (χ3v) is 4.57. The Balaban J connectivity index is 1.47. The van der Waals surface area contributed by atoms with Crippen molar-refractivity contribution in [3.8, 4) is 0 Å². The van der Waals surface area contributed by atoms with Gasteiger partial charge in [-0.15, -0.1) is 0 Å². The maximum absolute atomic E-state index is 12.6. The van der Waals surface area contributed by atoms with Crippen LogP contribution >= 0.6 is 0 Å². The van der Waals surface area contributed by atoms with Crippen LogP contribution in [0.1, 0.15) is 40.1 Å². The summed E-state index contributed by atoms with van der Waals surface area (Å²) in [6.07, 6.45) is 0.632. The first-order valence-electron chi connectivity index (χ1n) is 9.15. The summed E-state index contributed by atoms with van der Waals surface area (Å²) < 4.78 is 10.6. The minimum absolute atomic E-state index is 0.0340. The molecule has 1 heterocycles. The zero-order valence-electron chi connectivity index (χ0n) is 16.0. The molecule has 0 aliphatic carbocycles. The first-order valence-corrected chi connectivity index (χ1v) is 9.15. The van der Waals surface area contributed by atoms with Gasteiger partial charge >= 0.3 is 5.97 Å². The van der Waals surface area contributed by atoms with Gasteiger partial charge < -0.3 is 9.47 Å². The molecule has 0 saturated carbocycles. The van der Waals surface area contributed by atoms with E-state index in [9.17, 15) is 14.4 Å². The van der Waals surface area contributed by atoms with Crippen LogP contribution in [0.4, 0.5) is 0 Å². The van der Waals surface area contributed by atoms with Crippen LogP contribution in [0.15, 0.2) is 54.6 Å². The van der Waals surface area contributed by atoms with Gasteiger partial charge in [0.15, 0.2) is 0 Å². The molecule has 2 aromatic carbocycles. The van der Waals surface area contributed by atoms with Crippen LogP contribution in [0.2, 0.25) is 0 Å². The van der Waals surface area contributed by atoms with Crippen molar-refractivity contribution in [2.45, 2.75) is 25.8 Å². The van der Waals surface area contributed by atoms with E-state index in [2.05, 4.69) is 0 Å². The van der Waals surface area contributed by atoms with Crippen molar-refractivity contribution >= 4 is 17.8 Å². The highest BCUT2D eigenvalue weighted by Gasteiger charge is 2.44. The molecule has 0 spiro atoms. The minimum atomic E-state index is -0.891. The fourth-order valence-corrected chi connectivity index (χ4v) is 3.16. The van der Waals surface area contributed by atoms with E-state index in [1.54, 1.807) is 38.1 Å². The molecule has 0 N–H and O–H groups in total. The second kappa shape index (κ2) is 8.35. The number of amides is 2. The van der Waals surface area contributed by atoms with E-state index in [-0.39, 0.29) is 31.6 Å². The molecule has 146 valence electrons. The molecule has 0 radical (unpaired) electrons. The van der Waals surface area contributed by atoms with Crippen LogP contribution in [0.25, 0.3) is 0 Å². The van der Waals surface area contributed by atoms with Crippen molar-refractivity contribution in [3.63, 3.8) is 0 Å². The average molecular weight is 381 g/mol. The smallest absolute Gasteiger partial charge is 0.332 e. The topological polar surface area (TPSA) is 72.9 Å². The van der Waals surface area contributed by atoms with Crippen LogP contribution in [-0.4, -0.2) is 48.0 Å². The Labute approximate surface area is 164 Å². The van der Waals surface area contributed by atoms with Crippen LogP contribution < -0.4 is 0 Å². The Morgan fingerprint density at radius 1 is 0.929 bits per heavy atom. The molecule has 0 aromatic heterocycles. The second-order valence-electron chi connectivity index (χ2n) is 7.25. The number of carbonyl (C=O) groups excluding carboxylic acids is 3. The van der Waals surface area contributed by atoms with Gasteiger partial charge in [-0.3, -0.25) is 14.5 Å². The maximum Gasteiger partial charge on any atom is 0.332 e. The van der Waals surface area contributed by atoms with Gasteiger partial charge in [0.2, 0.25) is 0 Å². The molecule has 1 aliphatic heterocycles. The van der Waals surface area contributed by atoms with E-state index < -0.39 is 11.5 Å². The van der Waals surface area contributed by atoms with Crippen LogP contribution in [-0.2, 0) is 20.7 Å². The van der Waals surface area contributed by atoms with Crippen molar-refractivity contribution in [3.05, 3.63) is 71.3 Å². The fraction of sp³-hybridized carbons (Fsp3) is 0.318. The number of ether oxygens (including phenoxy) is 2. The highest BCUT2D eigenvalue weighted by atomic mass is 16.6. The Morgan fingerprint density at radius 2 is 1.50 bits per heavy atom. The summed E-state index contributed by atoms with van der Waals surface area (Å²) in [7, 11) is 0. The monoisotopic (exact) mass is 381 g/mol. The maximum atomic E-state index is 12.6. The molecule has 0 saturated heterocycles. The second-order valence-corrected chi connectivity index (χ2v) is 7.25. The van der Waals surface area contributed by atoms with Crippen molar-refractivity contribution < 1.29 is 23.9 Å². The van der Waals surface area contributed by atoms with Gasteiger partial charge in [0.05, 0.1) is 29.9 Å². The molecular formula is C22H23NO5. The number of nitrogens with zero attached hydrogens (tertiary/aromatic N) is 1. The Kier molecular flexibility index (Phi) is 5.90. The van der Waals surface area contributed by atoms with Crippen LogP contribution in [0.3, 0.4) is 0 Å². The quantitative estimate of drug-likeness (QED) is 0.519. The van der Waals surface area contributed by atoms with Gasteiger partial charge in [-0.25, -0.2) is 4.79 Å². The number of esters is 1. The molecule has 2 amide bonds. The van der Waals surface area contributed by atoms with Crippen LogP contribution in [0, 0.1) is 0 Å². The lowest BCUT2D eigenvalue weighted by atomic mass is 10.0. The summed E-state index contributed by atoms with van der Waals surface area (Å²) in [6, 6.07) is 16.4. The van der Waals surface area contributed by atoms with Crippen LogP contribution in [0.5, 0.6) is 0 Å². The van der Waals surface area contributed by atoms with Gasteiger partial charge in [-0.05, 0) is 31.5 Å². The van der Waals surface area contributed by atoms with E-state index in [0.717, 1.165) is 5.56 Å². The SMILES string of the molecule is CC(C)(COCC(=O)OCCc1ccccc1)N1C(=O)c2ccccc2C1=O. The van der Waals surface area contributed by atoms with Gasteiger partial charge in [0, 0.05) is 6.42 Å².